The molecular weight excluding hydrogens is 254 g/mol. The van der Waals surface area contributed by atoms with E-state index in [0.29, 0.717) is 29.4 Å². The van der Waals surface area contributed by atoms with Crippen LogP contribution in [0.5, 0.6) is 11.5 Å². The number of nitrogen functional groups attached to an aromatic ring is 1. The van der Waals surface area contributed by atoms with Crippen LogP contribution < -0.4 is 15.2 Å². The standard InChI is InChI=1S/C15H21N3O2/c1-9-5-4-6-11(9)18-12-8-14(20-3)13(19-2)7-10(12)17-15(18)16/h7-9,11H,4-6H2,1-3H3,(H2,16,17). The SMILES string of the molecule is COc1cc2nc(N)n(C3CCCC3C)c2cc1OC. The highest BCUT2D eigenvalue weighted by atomic mass is 16.5. The molecule has 1 aliphatic carbocycles. The molecule has 3 rings (SSSR count). The Hall–Kier alpha value is -1.91. The fourth-order valence-corrected chi connectivity index (χ4v) is 3.30. The van der Waals surface area contributed by atoms with E-state index >= 15 is 0 Å². The lowest BCUT2D eigenvalue weighted by Crippen LogP contribution is -2.14. The minimum atomic E-state index is 0.429. The number of aromatic nitrogens is 2. The summed E-state index contributed by atoms with van der Waals surface area (Å²) in [5.74, 6) is 2.60. The molecule has 2 aromatic rings. The van der Waals surface area contributed by atoms with Gasteiger partial charge in [-0.2, -0.15) is 0 Å². The maximum absolute atomic E-state index is 6.15. The maximum Gasteiger partial charge on any atom is 0.201 e. The van der Waals surface area contributed by atoms with E-state index < -0.39 is 0 Å². The van der Waals surface area contributed by atoms with Crippen LogP contribution >= 0.6 is 0 Å². The molecule has 0 spiro atoms. The summed E-state index contributed by atoms with van der Waals surface area (Å²) in [6.45, 7) is 2.28. The Balaban J connectivity index is 2.19. The van der Waals surface area contributed by atoms with E-state index in [2.05, 4.69) is 16.5 Å². The van der Waals surface area contributed by atoms with Crippen LogP contribution in [0.25, 0.3) is 11.0 Å². The lowest BCUT2D eigenvalue weighted by molar-refractivity contribution is 0.355. The van der Waals surface area contributed by atoms with E-state index in [1.807, 2.05) is 12.1 Å². The number of hydrogen-bond donors (Lipinski definition) is 1. The summed E-state index contributed by atoms with van der Waals surface area (Å²) in [5.41, 5.74) is 8.04. The molecule has 1 aliphatic rings. The van der Waals surface area contributed by atoms with Crippen molar-refractivity contribution in [3.05, 3.63) is 12.1 Å². The van der Waals surface area contributed by atoms with Crippen LogP contribution in [0.1, 0.15) is 32.2 Å². The molecule has 1 aromatic carbocycles. The molecule has 1 heterocycles. The molecule has 5 nitrogen and oxygen atoms in total. The number of imidazole rings is 1. The number of rotatable bonds is 3. The van der Waals surface area contributed by atoms with Gasteiger partial charge in [0, 0.05) is 18.2 Å². The monoisotopic (exact) mass is 275 g/mol. The fraction of sp³-hybridized carbons (Fsp3) is 0.533. The number of hydrogen-bond acceptors (Lipinski definition) is 4. The molecule has 1 saturated carbocycles. The van der Waals surface area contributed by atoms with Gasteiger partial charge in [0.2, 0.25) is 5.95 Å². The van der Waals surface area contributed by atoms with E-state index in [1.165, 1.54) is 12.8 Å². The van der Waals surface area contributed by atoms with Gasteiger partial charge < -0.3 is 19.8 Å². The highest BCUT2D eigenvalue weighted by molar-refractivity contribution is 5.82. The Morgan fingerprint density at radius 3 is 2.50 bits per heavy atom. The van der Waals surface area contributed by atoms with Crippen molar-refractivity contribution in [3.8, 4) is 11.5 Å². The molecule has 5 heteroatoms. The largest absolute Gasteiger partial charge is 0.493 e. The number of fused-ring (bicyclic) bond motifs is 1. The zero-order chi connectivity index (χ0) is 14.3. The number of anilines is 1. The number of benzene rings is 1. The summed E-state index contributed by atoms with van der Waals surface area (Å²) >= 11 is 0. The minimum absolute atomic E-state index is 0.429. The van der Waals surface area contributed by atoms with E-state index in [-0.39, 0.29) is 0 Å². The van der Waals surface area contributed by atoms with Crippen LogP contribution in [-0.4, -0.2) is 23.8 Å². The van der Waals surface area contributed by atoms with Gasteiger partial charge in [-0.3, -0.25) is 0 Å². The van der Waals surface area contributed by atoms with Crippen LogP contribution in [0, 0.1) is 5.92 Å². The summed E-state index contributed by atoms with van der Waals surface area (Å²) in [7, 11) is 3.27. The predicted molar refractivity (Wildman–Crippen MR) is 79.3 cm³/mol. The molecule has 2 atom stereocenters. The second kappa shape index (κ2) is 4.89. The first-order valence-corrected chi connectivity index (χ1v) is 7.05. The lowest BCUT2D eigenvalue weighted by atomic mass is 10.1. The molecule has 2 unspecified atom stereocenters. The topological polar surface area (TPSA) is 62.3 Å². The number of nitrogens with two attached hydrogens (primary N) is 1. The second-order valence-corrected chi connectivity index (χ2v) is 5.51. The average Bonchev–Trinajstić information content (AvgIpc) is 2.99. The van der Waals surface area contributed by atoms with Gasteiger partial charge in [0.15, 0.2) is 11.5 Å². The van der Waals surface area contributed by atoms with Crippen LogP contribution in [0.15, 0.2) is 12.1 Å². The Bertz CT molecular complexity index is 636. The molecule has 0 aliphatic heterocycles. The van der Waals surface area contributed by atoms with Crippen LogP contribution in [0.3, 0.4) is 0 Å². The van der Waals surface area contributed by atoms with Crippen LogP contribution in [0.4, 0.5) is 5.95 Å². The van der Waals surface area contributed by atoms with E-state index in [4.69, 9.17) is 15.2 Å². The fourth-order valence-electron chi connectivity index (χ4n) is 3.30. The molecule has 0 saturated heterocycles. The zero-order valence-electron chi connectivity index (χ0n) is 12.2. The van der Waals surface area contributed by atoms with Crippen molar-refractivity contribution in [2.24, 2.45) is 5.92 Å². The smallest absolute Gasteiger partial charge is 0.201 e. The van der Waals surface area contributed by atoms with E-state index in [0.717, 1.165) is 17.5 Å². The molecule has 0 bridgehead atoms. The van der Waals surface area contributed by atoms with Gasteiger partial charge in [-0.25, -0.2) is 4.98 Å². The summed E-state index contributed by atoms with van der Waals surface area (Å²) in [4.78, 5) is 4.48. The molecule has 108 valence electrons. The summed E-state index contributed by atoms with van der Waals surface area (Å²) in [6.07, 6.45) is 3.65. The van der Waals surface area contributed by atoms with E-state index in [9.17, 15) is 0 Å². The molecule has 2 N–H and O–H groups in total. The molecule has 20 heavy (non-hydrogen) atoms. The van der Waals surface area contributed by atoms with Crippen molar-refractivity contribution in [2.75, 3.05) is 20.0 Å². The van der Waals surface area contributed by atoms with E-state index in [1.54, 1.807) is 14.2 Å². The summed E-state index contributed by atoms with van der Waals surface area (Å²) < 4.78 is 12.9. The Morgan fingerprint density at radius 2 is 1.90 bits per heavy atom. The predicted octanol–water partition coefficient (Wildman–Crippen LogP) is 3.00. The lowest BCUT2D eigenvalue weighted by Gasteiger charge is -2.19. The van der Waals surface area contributed by atoms with Crippen LogP contribution in [-0.2, 0) is 0 Å². The first-order valence-electron chi connectivity index (χ1n) is 7.05. The van der Waals surface area contributed by atoms with Crippen molar-refractivity contribution >= 4 is 17.0 Å². The van der Waals surface area contributed by atoms with Gasteiger partial charge in [-0.15, -0.1) is 0 Å². The number of methoxy groups -OCH3 is 2. The highest BCUT2D eigenvalue weighted by Gasteiger charge is 2.28. The summed E-state index contributed by atoms with van der Waals surface area (Å²) in [6, 6.07) is 4.29. The van der Waals surface area contributed by atoms with Gasteiger partial charge in [0.1, 0.15) is 0 Å². The average molecular weight is 275 g/mol. The van der Waals surface area contributed by atoms with Crippen molar-refractivity contribution in [3.63, 3.8) is 0 Å². The van der Waals surface area contributed by atoms with Crippen molar-refractivity contribution in [2.45, 2.75) is 32.2 Å². The third-order valence-electron chi connectivity index (χ3n) is 4.37. The number of nitrogens with zero attached hydrogens (tertiary/aromatic N) is 2. The third kappa shape index (κ3) is 1.88. The molecule has 1 fully saturated rings. The highest BCUT2D eigenvalue weighted by Crippen LogP contribution is 2.41. The first kappa shape index (κ1) is 13.1. The Kier molecular flexibility index (Phi) is 3.20. The van der Waals surface area contributed by atoms with Gasteiger partial charge in [-0.05, 0) is 18.8 Å². The third-order valence-corrected chi connectivity index (χ3v) is 4.37. The van der Waals surface area contributed by atoms with Crippen molar-refractivity contribution in [1.29, 1.82) is 0 Å². The van der Waals surface area contributed by atoms with Gasteiger partial charge in [0.05, 0.1) is 25.3 Å². The van der Waals surface area contributed by atoms with Crippen molar-refractivity contribution in [1.82, 2.24) is 9.55 Å². The Morgan fingerprint density at radius 1 is 1.20 bits per heavy atom. The van der Waals surface area contributed by atoms with Crippen LogP contribution in [0.2, 0.25) is 0 Å². The maximum atomic E-state index is 6.15. The molecule has 0 amide bonds. The molecule has 0 radical (unpaired) electrons. The van der Waals surface area contributed by atoms with Gasteiger partial charge >= 0.3 is 0 Å². The summed E-state index contributed by atoms with van der Waals surface area (Å²) in [5, 5.41) is 0. The minimum Gasteiger partial charge on any atom is -0.493 e. The molecular formula is C15H21N3O2. The number of ether oxygens (including phenoxy) is 2. The molecule has 1 aromatic heterocycles. The second-order valence-electron chi connectivity index (χ2n) is 5.51. The first-order chi connectivity index (χ1) is 9.65. The quantitative estimate of drug-likeness (QED) is 0.935. The van der Waals surface area contributed by atoms with Gasteiger partial charge in [-0.1, -0.05) is 13.3 Å². The van der Waals surface area contributed by atoms with Crippen molar-refractivity contribution < 1.29 is 9.47 Å². The Labute approximate surface area is 118 Å². The van der Waals surface area contributed by atoms with Gasteiger partial charge in [0.25, 0.3) is 0 Å². The normalized spacial score (nSPS) is 22.4. The zero-order valence-corrected chi connectivity index (χ0v) is 12.2.